The fraction of sp³-hybridized carbons (Fsp3) is 0.118. The van der Waals surface area contributed by atoms with Gasteiger partial charge in [0.05, 0.1) is 23.9 Å². The maximum Gasteiger partial charge on any atom is 0.344 e. The third-order valence-corrected chi connectivity index (χ3v) is 4.08. The molecule has 0 saturated carbocycles. The van der Waals surface area contributed by atoms with Crippen molar-refractivity contribution in [3.8, 4) is 0 Å². The lowest BCUT2D eigenvalue weighted by Crippen LogP contribution is -2.26. The van der Waals surface area contributed by atoms with Gasteiger partial charge in [-0.25, -0.2) is 0 Å². The van der Waals surface area contributed by atoms with Crippen LogP contribution < -0.4 is 16.3 Å². The van der Waals surface area contributed by atoms with Gasteiger partial charge in [-0.15, -0.1) is 10.2 Å². The summed E-state index contributed by atoms with van der Waals surface area (Å²) in [6.45, 7) is 1.38. The summed E-state index contributed by atoms with van der Waals surface area (Å²) in [5, 5.41) is 28.1. The van der Waals surface area contributed by atoms with Gasteiger partial charge in [0.25, 0.3) is 5.29 Å². The topological polar surface area (TPSA) is 256 Å². The molecular weight excluding hydrogens is 578 g/mol. The number of nitrogens with zero attached hydrogens (tertiary/aromatic N) is 7. The Morgan fingerprint density at radius 2 is 1.68 bits per heavy atom. The summed E-state index contributed by atoms with van der Waals surface area (Å²) >= 11 is 21.4. The van der Waals surface area contributed by atoms with Crippen molar-refractivity contribution in [3.05, 3.63) is 77.8 Å². The molecular formula is C17H20Cl4N12O4. The number of H-pyrrole nitrogens is 3. The van der Waals surface area contributed by atoms with Crippen LogP contribution in [0.1, 0.15) is 0 Å². The predicted molar refractivity (Wildman–Crippen MR) is 140 cm³/mol. The monoisotopic (exact) mass is 596 g/mol. The zero-order chi connectivity index (χ0) is 26.9. The number of aromatic nitrogens is 6. The van der Waals surface area contributed by atoms with Crippen LogP contribution in [-0.4, -0.2) is 61.4 Å². The van der Waals surface area contributed by atoms with E-state index in [1.54, 1.807) is 30.6 Å². The molecule has 0 spiro atoms. The van der Waals surface area contributed by atoms with Crippen LogP contribution in [0.3, 0.4) is 0 Å². The molecule has 37 heavy (non-hydrogen) atoms. The first-order valence-electron chi connectivity index (χ1n) is 9.31. The number of nitrogen functional groups attached to an aromatic ring is 1. The molecule has 8 N–H and O–H groups in total. The van der Waals surface area contributed by atoms with Gasteiger partial charge in [0.15, 0.2) is 10.3 Å². The van der Waals surface area contributed by atoms with Crippen LogP contribution in [0.2, 0.25) is 15.5 Å². The molecule has 0 saturated heterocycles. The summed E-state index contributed by atoms with van der Waals surface area (Å²) < 4.78 is 0. The van der Waals surface area contributed by atoms with Crippen molar-refractivity contribution in [3.63, 3.8) is 0 Å². The molecule has 0 aromatic carbocycles. The molecule has 3 aromatic rings. The van der Waals surface area contributed by atoms with E-state index < -0.39 is 4.92 Å². The number of aliphatic imine (C=N–C) groups is 2. The lowest BCUT2D eigenvalue weighted by molar-refractivity contribution is -0.735. The van der Waals surface area contributed by atoms with Crippen LogP contribution in [0.4, 0.5) is 11.6 Å². The van der Waals surface area contributed by atoms with Gasteiger partial charge < -0.3 is 27.1 Å². The number of nitro groups is 1. The summed E-state index contributed by atoms with van der Waals surface area (Å²) in [5.41, 5.74) is 11.3. The summed E-state index contributed by atoms with van der Waals surface area (Å²) in [7, 11) is 0. The van der Waals surface area contributed by atoms with Gasteiger partial charge in [0.2, 0.25) is 6.20 Å². The van der Waals surface area contributed by atoms with Crippen molar-refractivity contribution in [1.29, 1.82) is 0 Å². The first-order valence-corrected chi connectivity index (χ1v) is 10.8. The number of halogens is 4. The van der Waals surface area contributed by atoms with Gasteiger partial charge in [-0.2, -0.15) is 5.10 Å². The predicted octanol–water partition coefficient (Wildman–Crippen LogP) is 3.03. The van der Waals surface area contributed by atoms with Crippen molar-refractivity contribution in [2.75, 3.05) is 18.8 Å². The highest BCUT2D eigenvalue weighted by atomic mass is 35.5. The van der Waals surface area contributed by atoms with E-state index in [1.807, 2.05) is 0 Å². The third kappa shape index (κ3) is 15.7. The Hall–Kier alpha value is -3.83. The van der Waals surface area contributed by atoms with Gasteiger partial charge in [0, 0.05) is 35.3 Å². The van der Waals surface area contributed by atoms with Crippen molar-refractivity contribution >= 4 is 70.5 Å². The summed E-state index contributed by atoms with van der Waals surface area (Å²) in [6.07, 6.45) is 8.45. The van der Waals surface area contributed by atoms with Crippen LogP contribution in [0.25, 0.3) is 0 Å². The average molecular weight is 598 g/mol. The summed E-state index contributed by atoms with van der Waals surface area (Å²) in [4.78, 5) is 27.5. The minimum atomic E-state index is -0.598. The SMILES string of the molecule is ClC1=CC=NC1.NC1=CC=NC1.Nc1cc(Cl)[nH]n1.O=N[n+]1ccc(Cl)[nH]1.O=[N+]([O-])c1cc(Cl)n[nH]1.[OH-]. The number of nitrogens with two attached hydrogens (primary N) is 2. The van der Waals surface area contributed by atoms with Gasteiger partial charge in [0.1, 0.15) is 11.0 Å². The number of rotatable bonds is 2. The first-order chi connectivity index (χ1) is 17.1. The molecule has 2 aliphatic heterocycles. The zero-order valence-corrected chi connectivity index (χ0v) is 21.5. The van der Waals surface area contributed by atoms with Gasteiger partial charge in [-0.3, -0.25) is 15.1 Å². The molecule has 200 valence electrons. The zero-order valence-electron chi connectivity index (χ0n) is 18.5. The van der Waals surface area contributed by atoms with Crippen LogP contribution in [0.15, 0.2) is 62.5 Å². The molecule has 5 rings (SSSR count). The minimum Gasteiger partial charge on any atom is -0.870 e. The highest BCUT2D eigenvalue weighted by Crippen LogP contribution is 2.11. The van der Waals surface area contributed by atoms with E-state index >= 15 is 0 Å². The van der Waals surface area contributed by atoms with Gasteiger partial charge in [-0.1, -0.05) is 56.4 Å². The average Bonchev–Trinajstić information content (AvgIpc) is 3.65. The largest absolute Gasteiger partial charge is 0.870 e. The van der Waals surface area contributed by atoms with E-state index in [1.165, 1.54) is 12.3 Å². The lowest BCUT2D eigenvalue weighted by atomic mass is 10.5. The molecule has 0 aliphatic carbocycles. The van der Waals surface area contributed by atoms with E-state index in [0.29, 0.717) is 29.2 Å². The Kier molecular flexibility index (Phi) is 16.5. The second-order valence-corrected chi connectivity index (χ2v) is 7.70. The number of hydrogen-bond acceptors (Lipinski definition) is 11. The Morgan fingerprint density at radius 3 is 1.86 bits per heavy atom. The molecule has 5 heterocycles. The second-order valence-electron chi connectivity index (χ2n) is 6.01. The van der Waals surface area contributed by atoms with Crippen molar-refractivity contribution in [2.24, 2.45) is 21.0 Å². The maximum atomic E-state index is 9.89. The number of aromatic amines is 3. The summed E-state index contributed by atoms with van der Waals surface area (Å²) in [5.74, 6) is 0.227. The number of allylic oxidation sites excluding steroid dienone is 2. The minimum absolute atomic E-state index is 0. The van der Waals surface area contributed by atoms with E-state index in [-0.39, 0.29) is 16.4 Å². The van der Waals surface area contributed by atoms with Gasteiger partial charge >= 0.3 is 5.82 Å². The Morgan fingerprint density at radius 1 is 1.00 bits per heavy atom. The highest BCUT2D eigenvalue weighted by molar-refractivity contribution is 6.31. The second kappa shape index (κ2) is 18.4. The summed E-state index contributed by atoms with van der Waals surface area (Å²) in [6, 6.07) is 4.21. The Bertz CT molecular complexity index is 1190. The molecule has 2 aliphatic rings. The van der Waals surface area contributed by atoms with E-state index in [2.05, 4.69) is 40.8 Å². The van der Waals surface area contributed by atoms with Crippen molar-refractivity contribution in [2.45, 2.75) is 0 Å². The molecule has 0 radical (unpaired) electrons. The Balaban J connectivity index is 0.000000438. The molecule has 0 amide bonds. The molecule has 3 aromatic heterocycles. The quantitative estimate of drug-likeness (QED) is 0.126. The van der Waals surface area contributed by atoms with E-state index in [4.69, 9.17) is 57.9 Å². The van der Waals surface area contributed by atoms with Crippen LogP contribution in [0, 0.1) is 15.0 Å². The van der Waals surface area contributed by atoms with E-state index in [0.717, 1.165) is 21.6 Å². The molecule has 16 nitrogen and oxygen atoms in total. The number of nitroso groups, excluding NO2 is 1. The van der Waals surface area contributed by atoms with Crippen LogP contribution in [0.5, 0.6) is 0 Å². The number of hydrogen-bond donors (Lipinski definition) is 5. The number of anilines is 1. The number of nitrogens with one attached hydrogen (secondary N) is 3. The van der Waals surface area contributed by atoms with Gasteiger partial charge in [-0.05, 0) is 17.1 Å². The molecule has 0 bridgehead atoms. The highest BCUT2D eigenvalue weighted by Gasteiger charge is 2.06. The maximum absolute atomic E-state index is 9.89. The fourth-order valence-corrected chi connectivity index (χ4v) is 2.31. The van der Waals surface area contributed by atoms with Crippen LogP contribution >= 0.6 is 46.4 Å². The molecule has 0 unspecified atom stereocenters. The van der Waals surface area contributed by atoms with Crippen LogP contribution in [-0.2, 0) is 0 Å². The smallest absolute Gasteiger partial charge is 0.344 e. The molecule has 0 atom stereocenters. The van der Waals surface area contributed by atoms with Crippen molar-refractivity contribution < 1.29 is 15.2 Å². The normalized spacial score (nSPS) is 12.0. The fourth-order valence-electron chi connectivity index (χ4n) is 1.75. The van der Waals surface area contributed by atoms with E-state index in [9.17, 15) is 15.0 Å². The lowest BCUT2D eigenvalue weighted by Gasteiger charge is -1.82. The standard InChI is InChI=1S/C4H4ClN.C4H6N2.C3H2ClN3O2.C3H2ClN3O.C3H4ClN3.H2O/c2*5-4-1-2-6-3-4;4-2-1-3(6-5-2)7(8)9;4-3-1-2-7(5-3)6-8;4-2-1-3(5)7-6-2;/h1-2H,3H2;1-2H,3,5H2;1H,(H,5,6);1-2H;1H,(H3,5,6,7);1H2. The first kappa shape index (κ1) is 33.2. The van der Waals surface area contributed by atoms with Crippen molar-refractivity contribution in [1.82, 2.24) is 25.5 Å². The third-order valence-electron chi connectivity index (χ3n) is 3.24. The molecule has 20 heteroatoms. The Labute approximate surface area is 228 Å². The molecule has 0 fully saturated rings.